The molecule has 0 saturated carbocycles. The molecule has 0 amide bonds. The largest absolute Gasteiger partial charge is 0.487 e. The molecule has 0 aliphatic carbocycles. The minimum atomic E-state index is -3.15. The topological polar surface area (TPSA) is 114 Å². The van der Waals surface area contributed by atoms with Crippen LogP contribution in [0.2, 0.25) is 65.5 Å². The second-order valence-electron chi connectivity index (χ2n) is 8.49. The first-order chi connectivity index (χ1) is 13.3. The van der Waals surface area contributed by atoms with E-state index in [0.717, 1.165) is 0 Å². The maximum Gasteiger partial charge on any atom is 0.487 e. The zero-order valence-corrected chi connectivity index (χ0v) is 28.5. The Labute approximate surface area is 192 Å². The summed E-state index contributed by atoms with van der Waals surface area (Å²) in [5.74, 6) is 0. The van der Waals surface area contributed by atoms with Crippen LogP contribution in [0.25, 0.3) is 0 Å². The van der Waals surface area contributed by atoms with Gasteiger partial charge in [0.2, 0.25) is 0 Å². The average molecular weight is 557 g/mol. The van der Waals surface area contributed by atoms with Gasteiger partial charge in [-0.2, -0.15) is 0 Å². The van der Waals surface area contributed by atoms with Crippen LogP contribution in [-0.4, -0.2) is 93.3 Å². The molecule has 0 bridgehead atoms. The standard InChI is InChI=1S/C9H28O4Si4.C4H16O6Si3/c1-10-16(7,8)13-17(9,11-14(2)3)12-15(4,5)6;1-7-12(3,6)10-13(4,8-2)9-11-5/h14H,1-9H3;5-6H,11H2,1-4H3. The highest BCUT2D eigenvalue weighted by atomic mass is 28.5. The lowest BCUT2D eigenvalue weighted by Crippen LogP contribution is -2.57. The maximum atomic E-state index is 9.52. The van der Waals surface area contributed by atoms with Crippen molar-refractivity contribution in [1.29, 1.82) is 0 Å². The van der Waals surface area contributed by atoms with Crippen molar-refractivity contribution in [1.82, 2.24) is 0 Å². The Bertz CT molecular complexity index is 480. The van der Waals surface area contributed by atoms with Crippen molar-refractivity contribution in [3.05, 3.63) is 0 Å². The number of hydrogen-bond donors (Lipinski definition) is 2. The van der Waals surface area contributed by atoms with E-state index in [1.54, 1.807) is 13.7 Å². The van der Waals surface area contributed by atoms with Crippen LogP contribution in [0, 0.1) is 0 Å². The minimum Gasteiger partial charge on any atom is -0.420 e. The van der Waals surface area contributed by atoms with Crippen LogP contribution in [-0.2, 0) is 33.9 Å². The number of hydrogen-bond acceptors (Lipinski definition) is 10. The molecule has 2 N–H and O–H groups in total. The van der Waals surface area contributed by atoms with Crippen molar-refractivity contribution in [2.24, 2.45) is 0 Å². The van der Waals surface area contributed by atoms with Gasteiger partial charge in [0.1, 0.15) is 0 Å². The Morgan fingerprint density at radius 3 is 1.50 bits per heavy atom. The first kappa shape index (κ1) is 33.3. The van der Waals surface area contributed by atoms with Gasteiger partial charge in [-0.25, -0.2) is 0 Å². The van der Waals surface area contributed by atoms with Gasteiger partial charge in [-0.1, -0.05) is 0 Å². The van der Waals surface area contributed by atoms with Crippen LogP contribution in [0.5, 0.6) is 0 Å². The van der Waals surface area contributed by atoms with Gasteiger partial charge in [-0.3, -0.25) is 0 Å². The second-order valence-corrected chi connectivity index (χ2v) is 28.9. The molecule has 0 radical (unpaired) electrons. The second kappa shape index (κ2) is 13.7. The highest BCUT2D eigenvalue weighted by molar-refractivity contribution is 6.86. The average Bonchev–Trinajstić information content (AvgIpc) is 2.51. The smallest absolute Gasteiger partial charge is 0.420 e. The molecule has 0 fully saturated rings. The SMILES string of the molecule is CO[Si](C)(C)O[Si](C)(O[SiH](C)C)O[Si](C)(C)C.CO[Si](C)(O)O[Si](C)(OC)O[SiH2]O. The van der Waals surface area contributed by atoms with E-state index in [-0.39, 0.29) is 0 Å². The Morgan fingerprint density at radius 1 is 0.700 bits per heavy atom. The van der Waals surface area contributed by atoms with Gasteiger partial charge in [-0.05, 0) is 45.8 Å². The maximum absolute atomic E-state index is 9.52. The summed E-state index contributed by atoms with van der Waals surface area (Å²) in [6.45, 7) is 19.9. The summed E-state index contributed by atoms with van der Waals surface area (Å²) in [6, 6.07) is 0. The molecular weight excluding hydrogens is 513 g/mol. The van der Waals surface area contributed by atoms with E-state index in [9.17, 15) is 4.80 Å². The Morgan fingerprint density at radius 2 is 1.20 bits per heavy atom. The van der Waals surface area contributed by atoms with E-state index in [4.69, 9.17) is 38.6 Å². The van der Waals surface area contributed by atoms with Gasteiger partial charge < -0.3 is 43.4 Å². The van der Waals surface area contributed by atoms with Gasteiger partial charge in [0.15, 0.2) is 17.4 Å². The van der Waals surface area contributed by atoms with Crippen LogP contribution in [0.1, 0.15) is 0 Å². The molecule has 0 aromatic rings. The van der Waals surface area contributed by atoms with Crippen molar-refractivity contribution in [2.45, 2.75) is 65.5 Å². The van der Waals surface area contributed by atoms with Crippen molar-refractivity contribution in [3.8, 4) is 0 Å². The summed E-state index contributed by atoms with van der Waals surface area (Å²) < 4.78 is 43.8. The van der Waals surface area contributed by atoms with Gasteiger partial charge in [-0.15, -0.1) is 0 Å². The molecule has 0 aromatic heterocycles. The summed E-state index contributed by atoms with van der Waals surface area (Å²) in [5, 5.41) is 0. The van der Waals surface area contributed by atoms with E-state index < -0.39 is 62.3 Å². The van der Waals surface area contributed by atoms with E-state index in [0.29, 0.717) is 0 Å². The summed E-state index contributed by atoms with van der Waals surface area (Å²) in [4.78, 5) is 18.2. The quantitative estimate of drug-likeness (QED) is 0.321. The third kappa shape index (κ3) is 16.7. The predicted molar refractivity (Wildman–Crippen MR) is 134 cm³/mol. The molecule has 0 aliphatic rings. The van der Waals surface area contributed by atoms with Gasteiger partial charge in [0, 0.05) is 41.0 Å². The van der Waals surface area contributed by atoms with Gasteiger partial charge in [0.25, 0.3) is 10.0 Å². The predicted octanol–water partition coefficient (Wildman–Crippen LogP) is 1.20. The fraction of sp³-hybridized carbons (Fsp3) is 1.00. The zero-order chi connectivity index (χ0) is 24.4. The van der Waals surface area contributed by atoms with Crippen LogP contribution in [0.4, 0.5) is 0 Å². The monoisotopic (exact) mass is 556 g/mol. The van der Waals surface area contributed by atoms with Crippen LogP contribution in [0.3, 0.4) is 0 Å². The highest BCUT2D eigenvalue weighted by Crippen LogP contribution is 2.22. The third-order valence-corrected chi connectivity index (χ3v) is 22.4. The van der Waals surface area contributed by atoms with Crippen molar-refractivity contribution in [2.75, 3.05) is 21.3 Å². The molecule has 0 rings (SSSR count). The Balaban J connectivity index is 0. The first-order valence-electron chi connectivity index (χ1n) is 9.69. The molecule has 0 spiro atoms. The van der Waals surface area contributed by atoms with Crippen LogP contribution in [0.15, 0.2) is 0 Å². The lowest BCUT2D eigenvalue weighted by atomic mass is 11.8. The first-order valence-corrected chi connectivity index (χ1v) is 26.6. The number of rotatable bonds is 13. The van der Waals surface area contributed by atoms with E-state index >= 15 is 0 Å². The van der Waals surface area contributed by atoms with E-state index in [1.165, 1.54) is 20.8 Å². The van der Waals surface area contributed by atoms with Crippen molar-refractivity contribution in [3.63, 3.8) is 0 Å². The van der Waals surface area contributed by atoms with Gasteiger partial charge >= 0.3 is 35.0 Å². The Hall–Kier alpha value is 1.12. The van der Waals surface area contributed by atoms with Crippen LogP contribution < -0.4 is 0 Å². The summed E-state index contributed by atoms with van der Waals surface area (Å²) in [5.41, 5.74) is 0. The molecule has 184 valence electrons. The van der Waals surface area contributed by atoms with Crippen molar-refractivity contribution >= 4 is 62.3 Å². The zero-order valence-electron chi connectivity index (χ0n) is 20.9. The lowest BCUT2D eigenvalue weighted by Gasteiger charge is -2.38. The summed E-state index contributed by atoms with van der Waals surface area (Å²) in [7, 11) is -10.7. The molecule has 10 nitrogen and oxygen atoms in total. The van der Waals surface area contributed by atoms with Crippen LogP contribution >= 0.6 is 0 Å². The van der Waals surface area contributed by atoms with E-state index in [1.807, 2.05) is 19.6 Å². The highest BCUT2D eigenvalue weighted by Gasteiger charge is 2.46. The molecule has 17 heteroatoms. The minimum absolute atomic E-state index is 1.18. The fourth-order valence-electron chi connectivity index (χ4n) is 2.17. The van der Waals surface area contributed by atoms with Gasteiger partial charge in [0.05, 0.1) is 0 Å². The molecule has 0 saturated heterocycles. The molecule has 0 aliphatic heterocycles. The van der Waals surface area contributed by atoms with E-state index in [2.05, 4.69) is 32.7 Å². The molecule has 30 heavy (non-hydrogen) atoms. The molecule has 3 unspecified atom stereocenters. The molecular formula is C13H44O10Si7. The molecule has 0 heterocycles. The summed E-state index contributed by atoms with van der Waals surface area (Å²) in [6.07, 6.45) is 0. The molecule has 0 aromatic carbocycles. The summed E-state index contributed by atoms with van der Waals surface area (Å²) >= 11 is 0. The normalized spacial score (nSPS) is 19.2. The lowest BCUT2D eigenvalue weighted by molar-refractivity contribution is 0.130. The molecule has 3 atom stereocenters. The Kier molecular flexibility index (Phi) is 15.2. The third-order valence-electron chi connectivity index (χ3n) is 3.32. The fourth-order valence-corrected chi connectivity index (χ4v) is 21.3. The van der Waals surface area contributed by atoms with Crippen molar-refractivity contribution < 1.29 is 43.4 Å².